The van der Waals surface area contributed by atoms with Crippen molar-refractivity contribution >= 4 is 27.9 Å². The molecule has 0 aliphatic rings. The third kappa shape index (κ3) is 4.69. The van der Waals surface area contributed by atoms with Gasteiger partial charge in [0.25, 0.3) is 5.56 Å². The summed E-state index contributed by atoms with van der Waals surface area (Å²) in [5.74, 6) is 0.556. The molecule has 142 valence electrons. The minimum Gasteiger partial charge on any atom is -0.497 e. The molecule has 0 fully saturated rings. The van der Waals surface area contributed by atoms with Crippen molar-refractivity contribution in [3.8, 4) is 5.75 Å². The van der Waals surface area contributed by atoms with Gasteiger partial charge in [-0.1, -0.05) is 24.3 Å². The van der Waals surface area contributed by atoms with E-state index in [0.29, 0.717) is 35.2 Å². The predicted octanol–water partition coefficient (Wildman–Crippen LogP) is 1.93. The van der Waals surface area contributed by atoms with Gasteiger partial charge in [0.05, 0.1) is 20.2 Å². The highest BCUT2D eigenvalue weighted by Crippen LogP contribution is 2.17. The summed E-state index contributed by atoms with van der Waals surface area (Å²) in [7, 11) is 1.58. The number of methoxy groups -OCH3 is 1. The summed E-state index contributed by atoms with van der Waals surface area (Å²) in [5.41, 5.74) is 1.15. The number of fused-ring (bicyclic) bond motifs is 1. The molecule has 3 aromatic rings. The van der Waals surface area contributed by atoms with Gasteiger partial charge in [-0.2, -0.15) is 9.61 Å². The molecule has 3 rings (SSSR count). The molecule has 2 aromatic heterocycles. The van der Waals surface area contributed by atoms with E-state index in [0.717, 1.165) is 5.01 Å². The van der Waals surface area contributed by atoms with Crippen molar-refractivity contribution in [1.82, 2.24) is 19.5 Å². The molecule has 0 saturated heterocycles. The van der Waals surface area contributed by atoms with Crippen LogP contribution in [0.4, 0.5) is 5.69 Å². The number of ether oxygens (including phenoxy) is 1. The third-order valence-electron chi connectivity index (χ3n) is 3.94. The number of hydrogen-bond donors (Lipinski definition) is 1. The van der Waals surface area contributed by atoms with Crippen LogP contribution in [0.2, 0.25) is 0 Å². The van der Waals surface area contributed by atoms with E-state index in [2.05, 4.69) is 15.4 Å². The molecule has 0 aliphatic heterocycles. The number of benzene rings is 1. The summed E-state index contributed by atoms with van der Waals surface area (Å²) >= 11 is 1.36. The van der Waals surface area contributed by atoms with Crippen molar-refractivity contribution in [1.29, 1.82) is 0 Å². The van der Waals surface area contributed by atoms with E-state index >= 15 is 0 Å². The number of nitrogens with zero attached hydrogens (tertiary/aromatic N) is 4. The number of amides is 1. The van der Waals surface area contributed by atoms with Gasteiger partial charge in [0.15, 0.2) is 0 Å². The van der Waals surface area contributed by atoms with E-state index in [-0.39, 0.29) is 18.0 Å². The number of likely N-dealkylation sites (N-methyl/N-ethyl adjacent to an activating group) is 1. The monoisotopic (exact) mass is 387 g/mol. The van der Waals surface area contributed by atoms with Crippen LogP contribution in [0.1, 0.15) is 17.6 Å². The molecule has 8 nitrogen and oxygen atoms in total. The molecule has 0 saturated carbocycles. The molecule has 0 radical (unpaired) electrons. The second kappa shape index (κ2) is 8.28. The molecular formula is C18H21N5O3S. The largest absolute Gasteiger partial charge is 0.497 e. The van der Waals surface area contributed by atoms with E-state index in [9.17, 15) is 9.59 Å². The fourth-order valence-electron chi connectivity index (χ4n) is 2.60. The summed E-state index contributed by atoms with van der Waals surface area (Å²) in [6.07, 6.45) is 0. The summed E-state index contributed by atoms with van der Waals surface area (Å²) in [6.45, 7) is 5.10. The number of hydrogen-bond acceptors (Lipinski definition) is 7. The Morgan fingerprint density at radius 3 is 2.93 bits per heavy atom. The van der Waals surface area contributed by atoms with E-state index in [4.69, 9.17) is 4.74 Å². The van der Waals surface area contributed by atoms with Gasteiger partial charge in [-0.15, -0.1) is 0 Å². The molecular weight excluding hydrogens is 366 g/mol. The Morgan fingerprint density at radius 1 is 1.37 bits per heavy atom. The number of anilines is 1. The molecule has 0 spiro atoms. The molecule has 1 aromatic carbocycles. The molecule has 1 N–H and O–H groups in total. The number of carbonyl (C=O) groups excluding carboxylic acids is 1. The lowest BCUT2D eigenvalue weighted by Gasteiger charge is -2.18. The smallest absolute Gasteiger partial charge is 0.275 e. The maximum Gasteiger partial charge on any atom is 0.275 e. The Kier molecular flexibility index (Phi) is 5.82. The Bertz CT molecular complexity index is 1010. The SMILES string of the molecule is CCN(CC(=O)Nc1cccc(OC)c1)Cc1nn2c(=O)cc(C)nc2s1. The third-order valence-corrected chi connectivity index (χ3v) is 4.83. The highest BCUT2D eigenvalue weighted by Gasteiger charge is 2.14. The zero-order valence-electron chi connectivity index (χ0n) is 15.4. The van der Waals surface area contributed by atoms with Gasteiger partial charge < -0.3 is 10.1 Å². The van der Waals surface area contributed by atoms with Crippen LogP contribution in [0, 0.1) is 6.92 Å². The molecule has 2 heterocycles. The van der Waals surface area contributed by atoms with E-state index in [1.54, 1.807) is 20.1 Å². The van der Waals surface area contributed by atoms with Gasteiger partial charge in [-0.3, -0.25) is 14.5 Å². The minimum absolute atomic E-state index is 0.127. The zero-order chi connectivity index (χ0) is 19.4. The van der Waals surface area contributed by atoms with Crippen LogP contribution < -0.4 is 15.6 Å². The van der Waals surface area contributed by atoms with Crippen LogP contribution in [0.3, 0.4) is 0 Å². The number of rotatable bonds is 7. The highest BCUT2D eigenvalue weighted by molar-refractivity contribution is 7.16. The van der Waals surface area contributed by atoms with Crippen molar-refractivity contribution in [2.45, 2.75) is 20.4 Å². The predicted molar refractivity (Wildman–Crippen MR) is 104 cm³/mol. The minimum atomic E-state index is -0.196. The highest BCUT2D eigenvalue weighted by atomic mass is 32.1. The fraction of sp³-hybridized carbons (Fsp3) is 0.333. The number of nitrogens with one attached hydrogen (secondary N) is 1. The lowest BCUT2D eigenvalue weighted by molar-refractivity contribution is -0.117. The van der Waals surface area contributed by atoms with Gasteiger partial charge in [0.2, 0.25) is 10.9 Å². The van der Waals surface area contributed by atoms with E-state index in [1.165, 1.54) is 21.9 Å². The van der Waals surface area contributed by atoms with Gasteiger partial charge in [-0.25, -0.2) is 4.98 Å². The summed E-state index contributed by atoms with van der Waals surface area (Å²) in [6, 6.07) is 8.67. The average molecular weight is 387 g/mol. The van der Waals surface area contributed by atoms with Gasteiger partial charge in [0.1, 0.15) is 10.8 Å². The summed E-state index contributed by atoms with van der Waals surface area (Å²) in [5, 5.41) is 7.93. The lowest BCUT2D eigenvalue weighted by Crippen LogP contribution is -2.32. The van der Waals surface area contributed by atoms with Crippen LogP contribution >= 0.6 is 11.3 Å². The van der Waals surface area contributed by atoms with Gasteiger partial charge in [-0.05, 0) is 25.6 Å². The molecule has 0 bridgehead atoms. The molecule has 0 atom stereocenters. The number of aromatic nitrogens is 3. The summed E-state index contributed by atoms with van der Waals surface area (Å²) in [4.78, 5) is 31.2. The van der Waals surface area contributed by atoms with Crippen molar-refractivity contribution in [3.63, 3.8) is 0 Å². The molecule has 0 aliphatic carbocycles. The Balaban J connectivity index is 1.67. The zero-order valence-corrected chi connectivity index (χ0v) is 16.2. The second-order valence-corrected chi connectivity index (χ2v) is 7.05. The maximum atomic E-state index is 12.4. The van der Waals surface area contributed by atoms with Crippen LogP contribution in [-0.4, -0.2) is 45.6 Å². The first kappa shape index (κ1) is 19.0. The number of carbonyl (C=O) groups is 1. The quantitative estimate of drug-likeness (QED) is 0.666. The van der Waals surface area contributed by atoms with Crippen LogP contribution in [0.5, 0.6) is 5.75 Å². The van der Waals surface area contributed by atoms with E-state index in [1.807, 2.05) is 30.0 Å². The molecule has 0 unspecified atom stereocenters. The maximum absolute atomic E-state index is 12.4. The Hall–Kier alpha value is -2.78. The summed E-state index contributed by atoms with van der Waals surface area (Å²) < 4.78 is 6.46. The van der Waals surface area contributed by atoms with Crippen LogP contribution in [0.25, 0.3) is 4.96 Å². The van der Waals surface area contributed by atoms with Crippen molar-refractivity contribution in [2.24, 2.45) is 0 Å². The van der Waals surface area contributed by atoms with E-state index < -0.39 is 0 Å². The first-order chi connectivity index (χ1) is 13.0. The van der Waals surface area contributed by atoms with Crippen molar-refractivity contribution in [2.75, 3.05) is 25.5 Å². The first-order valence-corrected chi connectivity index (χ1v) is 9.33. The van der Waals surface area contributed by atoms with Crippen LogP contribution in [0.15, 0.2) is 35.1 Å². The second-order valence-electron chi connectivity index (χ2n) is 6.01. The molecule has 1 amide bonds. The first-order valence-electron chi connectivity index (χ1n) is 8.51. The van der Waals surface area contributed by atoms with Crippen molar-refractivity contribution in [3.05, 3.63) is 51.4 Å². The van der Waals surface area contributed by atoms with Gasteiger partial charge >= 0.3 is 0 Å². The molecule has 9 heteroatoms. The Morgan fingerprint density at radius 2 is 2.19 bits per heavy atom. The van der Waals surface area contributed by atoms with Crippen LogP contribution in [-0.2, 0) is 11.3 Å². The topological polar surface area (TPSA) is 88.8 Å². The molecule has 27 heavy (non-hydrogen) atoms. The van der Waals surface area contributed by atoms with Crippen molar-refractivity contribution < 1.29 is 9.53 Å². The normalized spacial score (nSPS) is 11.1. The van der Waals surface area contributed by atoms with Gasteiger partial charge in [0, 0.05) is 23.5 Å². The number of aryl methyl sites for hydroxylation is 1. The standard InChI is InChI=1S/C18H21N5O3S/c1-4-22(10-15(24)20-13-6-5-7-14(9-13)26-3)11-16-21-23-17(25)8-12(2)19-18(23)27-16/h5-9H,4,10-11H2,1-3H3,(H,20,24). The Labute approximate surface area is 160 Å². The fourth-order valence-corrected chi connectivity index (χ4v) is 3.59. The average Bonchev–Trinajstić information content (AvgIpc) is 3.03. The lowest BCUT2D eigenvalue weighted by atomic mass is 10.3.